The smallest absolute Gasteiger partial charge is 0.0592 e. The van der Waals surface area contributed by atoms with Crippen molar-refractivity contribution in [3.8, 4) is 55.6 Å². The number of rotatable bonds is 5. The Morgan fingerprint density at radius 1 is 0.414 bits per heavy atom. The van der Waals surface area contributed by atoms with Gasteiger partial charge in [-0.2, -0.15) is 0 Å². The highest BCUT2D eigenvalue weighted by atomic mass is 15.0. The predicted molar refractivity (Wildman–Crippen MR) is 247 cm³/mol. The summed E-state index contributed by atoms with van der Waals surface area (Å²) < 4.78 is 2.61. The third kappa shape index (κ3) is 4.83. The average molecular weight is 738 g/mol. The van der Waals surface area contributed by atoms with E-state index in [-0.39, 0.29) is 12.0 Å². The molecule has 0 saturated carbocycles. The predicted octanol–water partition coefficient (Wildman–Crippen LogP) is 15.6. The Labute approximate surface area is 338 Å². The van der Waals surface area contributed by atoms with Gasteiger partial charge in [0.25, 0.3) is 0 Å². The number of hydrogen-bond donors (Lipinski definition) is 0. The molecule has 2 atom stereocenters. The zero-order chi connectivity index (χ0) is 38.3. The van der Waals surface area contributed by atoms with Crippen molar-refractivity contribution in [3.63, 3.8) is 0 Å². The van der Waals surface area contributed by atoms with Gasteiger partial charge in [-0.15, -0.1) is 0 Å². The van der Waals surface area contributed by atoms with Gasteiger partial charge in [-0.3, -0.25) is 0 Å². The van der Waals surface area contributed by atoms with Crippen LogP contribution in [-0.4, -0.2) is 4.57 Å². The molecule has 2 aliphatic rings. The second kappa shape index (κ2) is 12.9. The zero-order valence-electron chi connectivity index (χ0n) is 32.2. The molecule has 10 aromatic rings. The van der Waals surface area contributed by atoms with Crippen LogP contribution in [0.25, 0.3) is 105 Å². The van der Waals surface area contributed by atoms with Crippen LogP contribution in [0.4, 0.5) is 0 Å². The first kappa shape index (κ1) is 33.0. The lowest BCUT2D eigenvalue weighted by Crippen LogP contribution is -2.18. The number of hydrogen-bond acceptors (Lipinski definition) is 0. The SMILES string of the molecule is CC1C(c2ccc(-c3cc(-c4ccccc4)c4c(c3-c3ccccc3)-c3cccc5cccc-4c35)cc2)=CC=CC1n1c2ccccc2c2ccc3ccccc3c21. The van der Waals surface area contributed by atoms with Crippen molar-refractivity contribution in [1.82, 2.24) is 4.57 Å². The highest BCUT2D eigenvalue weighted by Crippen LogP contribution is 2.57. The van der Waals surface area contributed by atoms with Gasteiger partial charge in [-0.1, -0.05) is 201 Å². The lowest BCUT2D eigenvalue weighted by Gasteiger charge is -2.30. The summed E-state index contributed by atoms with van der Waals surface area (Å²) in [4.78, 5) is 0. The fraction of sp³-hybridized carbons (Fsp3) is 0.0526. The summed E-state index contributed by atoms with van der Waals surface area (Å²) in [6, 6.07) is 69.9. The van der Waals surface area contributed by atoms with Crippen LogP contribution >= 0.6 is 0 Å². The molecule has 2 unspecified atom stereocenters. The van der Waals surface area contributed by atoms with Crippen LogP contribution in [0.15, 0.2) is 206 Å². The molecule has 272 valence electrons. The number of para-hydroxylation sites is 1. The summed E-state index contributed by atoms with van der Waals surface area (Å²) in [6.45, 7) is 2.40. The molecule has 12 rings (SSSR count). The summed E-state index contributed by atoms with van der Waals surface area (Å²) in [5.74, 6) is 0.248. The van der Waals surface area contributed by atoms with Crippen molar-refractivity contribution >= 4 is 48.9 Å². The largest absolute Gasteiger partial charge is 0.332 e. The van der Waals surface area contributed by atoms with E-state index < -0.39 is 0 Å². The van der Waals surface area contributed by atoms with Crippen LogP contribution in [0.2, 0.25) is 0 Å². The highest BCUT2D eigenvalue weighted by molar-refractivity contribution is 6.23. The number of allylic oxidation sites excluding steroid dienone is 4. The summed E-state index contributed by atoms with van der Waals surface area (Å²) >= 11 is 0. The molecule has 1 heteroatoms. The van der Waals surface area contributed by atoms with E-state index in [0.717, 1.165) is 0 Å². The van der Waals surface area contributed by atoms with E-state index in [1.54, 1.807) is 0 Å². The van der Waals surface area contributed by atoms with Crippen molar-refractivity contribution in [3.05, 3.63) is 212 Å². The van der Waals surface area contributed by atoms with Crippen molar-refractivity contribution < 1.29 is 0 Å². The van der Waals surface area contributed by atoms with Gasteiger partial charge in [0, 0.05) is 27.6 Å². The maximum atomic E-state index is 2.61. The first-order valence-electron chi connectivity index (χ1n) is 20.5. The van der Waals surface area contributed by atoms with Crippen LogP contribution in [0.3, 0.4) is 0 Å². The maximum absolute atomic E-state index is 2.61. The van der Waals surface area contributed by atoms with E-state index in [1.165, 1.54) is 110 Å². The molecular weight excluding hydrogens is 699 g/mol. The van der Waals surface area contributed by atoms with Gasteiger partial charge in [0.2, 0.25) is 0 Å². The minimum absolute atomic E-state index is 0.159. The molecule has 0 aliphatic heterocycles. The normalized spacial score (nSPS) is 15.7. The quantitative estimate of drug-likeness (QED) is 0.166. The van der Waals surface area contributed by atoms with E-state index in [2.05, 4.69) is 218 Å². The molecule has 0 bridgehead atoms. The molecule has 0 N–H and O–H groups in total. The molecule has 0 radical (unpaired) electrons. The summed E-state index contributed by atoms with van der Waals surface area (Å²) in [6.07, 6.45) is 7.01. The van der Waals surface area contributed by atoms with E-state index in [9.17, 15) is 0 Å². The molecule has 1 aromatic heterocycles. The number of benzene rings is 9. The Hall–Kier alpha value is -7.22. The van der Waals surface area contributed by atoms with Gasteiger partial charge in [0.15, 0.2) is 0 Å². The first-order valence-corrected chi connectivity index (χ1v) is 20.5. The molecule has 1 nitrogen and oxygen atoms in total. The summed E-state index contributed by atoms with van der Waals surface area (Å²) in [5, 5.41) is 7.82. The van der Waals surface area contributed by atoms with Gasteiger partial charge in [-0.05, 0) is 95.1 Å². The van der Waals surface area contributed by atoms with Crippen molar-refractivity contribution in [2.24, 2.45) is 5.92 Å². The molecular formula is C57H39N. The number of aromatic nitrogens is 1. The lowest BCUT2D eigenvalue weighted by molar-refractivity contribution is 0.523. The average Bonchev–Trinajstić information content (AvgIpc) is 3.81. The molecule has 9 aromatic carbocycles. The Morgan fingerprint density at radius 2 is 1.02 bits per heavy atom. The monoisotopic (exact) mass is 737 g/mol. The van der Waals surface area contributed by atoms with E-state index in [0.29, 0.717) is 0 Å². The van der Waals surface area contributed by atoms with E-state index >= 15 is 0 Å². The second-order valence-electron chi connectivity index (χ2n) is 16.0. The molecule has 0 amide bonds. The van der Waals surface area contributed by atoms with Crippen molar-refractivity contribution in [2.45, 2.75) is 13.0 Å². The third-order valence-corrected chi connectivity index (χ3v) is 12.9. The van der Waals surface area contributed by atoms with Crippen molar-refractivity contribution in [1.29, 1.82) is 0 Å². The van der Waals surface area contributed by atoms with Gasteiger partial charge in [-0.25, -0.2) is 0 Å². The van der Waals surface area contributed by atoms with Crippen LogP contribution in [-0.2, 0) is 0 Å². The topological polar surface area (TPSA) is 4.93 Å². The maximum Gasteiger partial charge on any atom is 0.0592 e. The Morgan fingerprint density at radius 3 is 1.79 bits per heavy atom. The fourth-order valence-corrected chi connectivity index (χ4v) is 10.3. The zero-order valence-corrected chi connectivity index (χ0v) is 32.2. The van der Waals surface area contributed by atoms with Crippen LogP contribution in [0.1, 0.15) is 18.5 Å². The number of nitrogens with zero attached hydrogens (tertiary/aromatic N) is 1. The lowest BCUT2D eigenvalue weighted by atomic mass is 9.81. The van der Waals surface area contributed by atoms with E-state index in [1.807, 2.05) is 0 Å². The first-order chi connectivity index (χ1) is 28.7. The van der Waals surface area contributed by atoms with Gasteiger partial charge in [0.05, 0.1) is 11.6 Å². The Bertz CT molecular complexity index is 3320. The van der Waals surface area contributed by atoms with Crippen LogP contribution < -0.4 is 0 Å². The molecule has 2 aliphatic carbocycles. The van der Waals surface area contributed by atoms with Crippen molar-refractivity contribution in [2.75, 3.05) is 0 Å². The minimum atomic E-state index is 0.159. The molecule has 1 heterocycles. The Kier molecular flexibility index (Phi) is 7.34. The third-order valence-electron chi connectivity index (χ3n) is 12.9. The molecule has 0 saturated heterocycles. The number of fused-ring (bicyclic) bond motifs is 8. The summed E-state index contributed by atoms with van der Waals surface area (Å²) in [7, 11) is 0. The second-order valence-corrected chi connectivity index (χ2v) is 16.0. The fourth-order valence-electron chi connectivity index (χ4n) is 10.3. The van der Waals surface area contributed by atoms with Gasteiger partial charge in [0.1, 0.15) is 0 Å². The highest BCUT2D eigenvalue weighted by Gasteiger charge is 2.31. The Balaban J connectivity index is 1.02. The summed E-state index contributed by atoms with van der Waals surface area (Å²) in [5.41, 5.74) is 18.0. The van der Waals surface area contributed by atoms with E-state index in [4.69, 9.17) is 0 Å². The van der Waals surface area contributed by atoms with Gasteiger partial charge >= 0.3 is 0 Å². The molecule has 0 spiro atoms. The van der Waals surface area contributed by atoms with Crippen LogP contribution in [0, 0.1) is 5.92 Å². The van der Waals surface area contributed by atoms with Gasteiger partial charge < -0.3 is 4.57 Å². The van der Waals surface area contributed by atoms with Crippen LogP contribution in [0.5, 0.6) is 0 Å². The standard InChI is InChI=1S/C57H39N/c1-36-43(24-14-28-51(36)58-52-27-11-10-23-45(52)46-34-33-38-17-8-9-22-44(38)57(46)58)39-29-31-40(32-30-39)49-35-50(37-15-4-2-5-16-37)55-47-25-12-20-41-21-13-26-48(53(41)47)56(55)54(49)42-18-6-3-7-19-42/h2-36,51H,1H3. The molecule has 58 heavy (non-hydrogen) atoms. The minimum Gasteiger partial charge on any atom is -0.332 e. The molecule has 0 fully saturated rings.